The van der Waals surface area contributed by atoms with E-state index in [1.165, 1.54) is 5.56 Å². The van der Waals surface area contributed by atoms with Crippen molar-refractivity contribution < 1.29 is 0 Å². The Morgan fingerprint density at radius 2 is 1.84 bits per heavy atom. The molecule has 0 atom stereocenters. The molecule has 2 aromatic rings. The second kappa shape index (κ2) is 6.97. The average molecular weight is 337 g/mol. The summed E-state index contributed by atoms with van der Waals surface area (Å²) in [6, 6.07) is 10.9. The Labute approximate surface area is 150 Å². The molecule has 5 heteroatoms. The van der Waals surface area contributed by atoms with Gasteiger partial charge in [0.15, 0.2) is 0 Å². The molecule has 0 radical (unpaired) electrons. The van der Waals surface area contributed by atoms with E-state index in [1.54, 1.807) is 17.3 Å². The third-order valence-electron chi connectivity index (χ3n) is 5.85. The SMILES string of the molecule is CC(C)(C)C1(CC#N)CCN(Cc2ccc(-n3cncn3)cc2)CC1. The Kier molecular flexibility index (Phi) is 4.91. The number of rotatable bonds is 4. The maximum atomic E-state index is 9.28. The van der Waals surface area contributed by atoms with E-state index < -0.39 is 0 Å². The highest BCUT2D eigenvalue weighted by Gasteiger charge is 2.43. The zero-order valence-corrected chi connectivity index (χ0v) is 15.4. The molecule has 0 unspecified atom stereocenters. The van der Waals surface area contributed by atoms with Crippen molar-refractivity contribution in [2.45, 2.75) is 46.6 Å². The van der Waals surface area contributed by atoms with Gasteiger partial charge < -0.3 is 0 Å². The number of aromatic nitrogens is 3. The van der Waals surface area contributed by atoms with E-state index in [0.717, 1.165) is 38.2 Å². The van der Waals surface area contributed by atoms with E-state index in [-0.39, 0.29) is 10.8 Å². The van der Waals surface area contributed by atoms with Crippen LogP contribution in [0.4, 0.5) is 0 Å². The van der Waals surface area contributed by atoms with E-state index in [4.69, 9.17) is 0 Å². The van der Waals surface area contributed by atoms with Crippen LogP contribution < -0.4 is 0 Å². The van der Waals surface area contributed by atoms with Gasteiger partial charge in [0, 0.05) is 13.0 Å². The Morgan fingerprint density at radius 3 is 2.36 bits per heavy atom. The van der Waals surface area contributed by atoms with Gasteiger partial charge in [-0.2, -0.15) is 10.4 Å². The van der Waals surface area contributed by atoms with Gasteiger partial charge in [-0.1, -0.05) is 32.9 Å². The van der Waals surface area contributed by atoms with Crippen molar-refractivity contribution >= 4 is 0 Å². The lowest BCUT2D eigenvalue weighted by molar-refractivity contribution is 0.00711. The molecule has 1 saturated heterocycles. The molecule has 0 saturated carbocycles. The third kappa shape index (κ3) is 3.74. The van der Waals surface area contributed by atoms with Crippen molar-refractivity contribution in [2.24, 2.45) is 10.8 Å². The third-order valence-corrected chi connectivity index (χ3v) is 5.85. The van der Waals surface area contributed by atoms with Crippen molar-refractivity contribution in [3.63, 3.8) is 0 Å². The highest BCUT2D eigenvalue weighted by Crippen LogP contribution is 2.49. The Balaban J connectivity index is 1.61. The monoisotopic (exact) mass is 337 g/mol. The number of likely N-dealkylation sites (tertiary alicyclic amines) is 1. The summed E-state index contributed by atoms with van der Waals surface area (Å²) in [6.45, 7) is 9.92. The molecule has 5 nitrogen and oxygen atoms in total. The Morgan fingerprint density at radius 1 is 1.16 bits per heavy atom. The molecule has 1 aromatic heterocycles. The number of nitrogens with zero attached hydrogens (tertiary/aromatic N) is 5. The van der Waals surface area contributed by atoms with Gasteiger partial charge in [-0.3, -0.25) is 4.90 Å². The highest BCUT2D eigenvalue weighted by molar-refractivity contribution is 5.33. The minimum Gasteiger partial charge on any atom is -0.299 e. The first-order valence-corrected chi connectivity index (χ1v) is 8.97. The molecule has 25 heavy (non-hydrogen) atoms. The van der Waals surface area contributed by atoms with Crippen molar-refractivity contribution in [1.82, 2.24) is 19.7 Å². The quantitative estimate of drug-likeness (QED) is 0.851. The number of benzene rings is 1. The normalized spacial score (nSPS) is 18.0. The fourth-order valence-corrected chi connectivity index (χ4v) is 3.84. The maximum Gasteiger partial charge on any atom is 0.138 e. The van der Waals surface area contributed by atoms with E-state index in [2.05, 4.69) is 66.1 Å². The molecule has 0 spiro atoms. The second-order valence-electron chi connectivity index (χ2n) is 8.15. The van der Waals surface area contributed by atoms with E-state index in [1.807, 2.05) is 0 Å². The number of hydrogen-bond donors (Lipinski definition) is 0. The van der Waals surface area contributed by atoms with Crippen LogP contribution in [0.3, 0.4) is 0 Å². The minimum absolute atomic E-state index is 0.148. The van der Waals surface area contributed by atoms with E-state index in [9.17, 15) is 5.26 Å². The first-order chi connectivity index (χ1) is 11.9. The first-order valence-electron chi connectivity index (χ1n) is 8.97. The van der Waals surface area contributed by atoms with E-state index in [0.29, 0.717) is 6.42 Å². The van der Waals surface area contributed by atoms with Crippen molar-refractivity contribution in [3.05, 3.63) is 42.5 Å². The molecule has 0 bridgehead atoms. The van der Waals surface area contributed by atoms with Gasteiger partial charge in [-0.25, -0.2) is 9.67 Å². The van der Waals surface area contributed by atoms with Crippen LogP contribution in [0.1, 0.15) is 45.6 Å². The summed E-state index contributed by atoms with van der Waals surface area (Å²) in [5.41, 5.74) is 2.66. The van der Waals surface area contributed by atoms with Crippen LogP contribution in [-0.2, 0) is 6.54 Å². The smallest absolute Gasteiger partial charge is 0.138 e. The summed E-state index contributed by atoms with van der Waals surface area (Å²) in [5.74, 6) is 0. The molecule has 1 aliphatic heterocycles. The standard InChI is InChI=1S/C20H27N5/c1-19(2,3)20(8-11-21)9-12-24(13-10-20)14-17-4-6-18(7-5-17)25-16-22-15-23-25/h4-7,15-16H,8-10,12-14H2,1-3H3. The van der Waals surface area contributed by atoms with Crippen molar-refractivity contribution in [3.8, 4) is 11.8 Å². The van der Waals surface area contributed by atoms with Gasteiger partial charge in [-0.15, -0.1) is 0 Å². The van der Waals surface area contributed by atoms with Crippen LogP contribution in [0.2, 0.25) is 0 Å². The van der Waals surface area contributed by atoms with Crippen LogP contribution in [0.15, 0.2) is 36.9 Å². The van der Waals surface area contributed by atoms with Crippen LogP contribution in [0, 0.1) is 22.2 Å². The highest BCUT2D eigenvalue weighted by atomic mass is 15.3. The summed E-state index contributed by atoms with van der Waals surface area (Å²) >= 11 is 0. The van der Waals surface area contributed by atoms with Crippen molar-refractivity contribution in [1.29, 1.82) is 5.26 Å². The zero-order chi connectivity index (χ0) is 17.9. The molecule has 1 fully saturated rings. The molecule has 0 N–H and O–H groups in total. The second-order valence-corrected chi connectivity index (χ2v) is 8.15. The summed E-state index contributed by atoms with van der Waals surface area (Å²) in [4.78, 5) is 6.49. The number of hydrogen-bond acceptors (Lipinski definition) is 4. The first kappa shape index (κ1) is 17.6. The molecule has 1 aromatic carbocycles. The summed E-state index contributed by atoms with van der Waals surface area (Å²) in [6.07, 6.45) is 6.12. The molecular formula is C20H27N5. The maximum absolute atomic E-state index is 9.28. The lowest BCUT2D eigenvalue weighted by atomic mass is 9.60. The molecule has 1 aliphatic rings. The predicted molar refractivity (Wildman–Crippen MR) is 98.0 cm³/mol. The molecular weight excluding hydrogens is 310 g/mol. The zero-order valence-electron chi connectivity index (χ0n) is 15.4. The van der Waals surface area contributed by atoms with Gasteiger partial charge in [0.25, 0.3) is 0 Å². The number of piperidine rings is 1. The van der Waals surface area contributed by atoms with Crippen molar-refractivity contribution in [2.75, 3.05) is 13.1 Å². The Hall–Kier alpha value is -2.19. The fourth-order valence-electron chi connectivity index (χ4n) is 3.84. The Bertz CT molecular complexity index is 711. The lowest BCUT2D eigenvalue weighted by Crippen LogP contribution is -2.46. The topological polar surface area (TPSA) is 57.7 Å². The molecule has 132 valence electrons. The molecule has 0 aliphatic carbocycles. The van der Waals surface area contributed by atoms with Gasteiger partial charge in [-0.05, 0) is 54.5 Å². The fraction of sp³-hybridized carbons (Fsp3) is 0.550. The molecule has 2 heterocycles. The average Bonchev–Trinajstić information content (AvgIpc) is 3.11. The summed E-state index contributed by atoms with van der Waals surface area (Å²) in [7, 11) is 0. The largest absolute Gasteiger partial charge is 0.299 e. The summed E-state index contributed by atoms with van der Waals surface area (Å²) in [5, 5.41) is 13.4. The van der Waals surface area contributed by atoms with Gasteiger partial charge in [0.1, 0.15) is 12.7 Å². The summed E-state index contributed by atoms with van der Waals surface area (Å²) < 4.78 is 1.77. The van der Waals surface area contributed by atoms with Crippen LogP contribution in [0.5, 0.6) is 0 Å². The van der Waals surface area contributed by atoms with Gasteiger partial charge in [0.05, 0.1) is 11.8 Å². The lowest BCUT2D eigenvalue weighted by Gasteiger charge is -2.49. The van der Waals surface area contributed by atoms with Gasteiger partial charge >= 0.3 is 0 Å². The van der Waals surface area contributed by atoms with Crippen LogP contribution in [0.25, 0.3) is 5.69 Å². The number of nitriles is 1. The molecule has 3 rings (SSSR count). The molecule has 0 amide bonds. The van der Waals surface area contributed by atoms with Crippen LogP contribution >= 0.6 is 0 Å². The minimum atomic E-state index is 0.148. The van der Waals surface area contributed by atoms with E-state index >= 15 is 0 Å². The predicted octanol–water partition coefficient (Wildman–Crippen LogP) is 3.81. The van der Waals surface area contributed by atoms with Gasteiger partial charge in [0.2, 0.25) is 0 Å². The van der Waals surface area contributed by atoms with Crippen LogP contribution in [-0.4, -0.2) is 32.8 Å².